The zero-order valence-corrected chi connectivity index (χ0v) is 17.4. The predicted octanol–water partition coefficient (Wildman–Crippen LogP) is 5.49. The minimum Gasteiger partial charge on any atom is -0.324 e. The van der Waals surface area contributed by atoms with Gasteiger partial charge in [0.15, 0.2) is 0 Å². The summed E-state index contributed by atoms with van der Waals surface area (Å²) >= 11 is 1.91. The highest BCUT2D eigenvalue weighted by Gasteiger charge is 2.24. The van der Waals surface area contributed by atoms with Crippen molar-refractivity contribution in [2.75, 3.05) is 17.2 Å². The summed E-state index contributed by atoms with van der Waals surface area (Å²) in [6.45, 7) is 0.955. The van der Waals surface area contributed by atoms with Crippen LogP contribution >= 0.6 is 11.8 Å². The highest BCUT2D eigenvalue weighted by atomic mass is 32.2. The van der Waals surface area contributed by atoms with Crippen molar-refractivity contribution in [1.82, 2.24) is 15.0 Å². The molecule has 0 N–H and O–H groups in total. The van der Waals surface area contributed by atoms with Gasteiger partial charge in [-0.3, -0.25) is 9.97 Å². The van der Waals surface area contributed by atoms with Gasteiger partial charge in [0.05, 0.1) is 5.69 Å². The largest absolute Gasteiger partial charge is 0.324 e. The van der Waals surface area contributed by atoms with Crippen LogP contribution in [0.1, 0.15) is 22.6 Å². The van der Waals surface area contributed by atoms with Crippen molar-refractivity contribution in [2.45, 2.75) is 17.2 Å². The van der Waals surface area contributed by atoms with Gasteiger partial charge in [0.1, 0.15) is 5.82 Å². The predicted molar refractivity (Wildman–Crippen MR) is 122 cm³/mol. The van der Waals surface area contributed by atoms with Crippen LogP contribution in [0.4, 0.5) is 11.5 Å². The third-order valence-electron chi connectivity index (χ3n) is 5.45. The number of rotatable bonds is 5. The topological polar surface area (TPSA) is 41.9 Å². The van der Waals surface area contributed by atoms with Crippen molar-refractivity contribution >= 4 is 23.3 Å². The quantitative estimate of drug-likeness (QED) is 0.435. The Morgan fingerprint density at radius 1 is 0.833 bits per heavy atom. The Bertz CT molecular complexity index is 1080. The SMILES string of the molecule is c1cncc(C(Cc2cccnc2N2CCSc3ccccc32)c2cccnc2)c1. The first kappa shape index (κ1) is 18.8. The molecule has 0 spiro atoms. The highest BCUT2D eigenvalue weighted by Crippen LogP contribution is 2.40. The lowest BCUT2D eigenvalue weighted by atomic mass is 9.87. The summed E-state index contributed by atoms with van der Waals surface area (Å²) in [6.07, 6.45) is 10.3. The van der Waals surface area contributed by atoms with Gasteiger partial charge in [-0.1, -0.05) is 30.3 Å². The molecule has 0 aliphatic carbocycles. The molecule has 0 amide bonds. The first-order valence-corrected chi connectivity index (χ1v) is 11.1. The van der Waals surface area contributed by atoms with Gasteiger partial charge in [-0.25, -0.2) is 4.98 Å². The van der Waals surface area contributed by atoms with Gasteiger partial charge < -0.3 is 4.90 Å². The Hall–Kier alpha value is -3.18. The van der Waals surface area contributed by atoms with Crippen LogP contribution in [0.15, 0.2) is 96.5 Å². The van der Waals surface area contributed by atoms with E-state index in [2.05, 4.69) is 57.3 Å². The van der Waals surface area contributed by atoms with E-state index in [1.807, 2.05) is 60.9 Å². The number of pyridine rings is 3. The zero-order chi connectivity index (χ0) is 20.2. The summed E-state index contributed by atoms with van der Waals surface area (Å²) in [5.74, 6) is 2.27. The third-order valence-corrected chi connectivity index (χ3v) is 6.49. The Morgan fingerprint density at radius 3 is 2.30 bits per heavy atom. The van der Waals surface area contributed by atoms with Gasteiger partial charge in [0.25, 0.3) is 0 Å². The number of nitrogens with zero attached hydrogens (tertiary/aromatic N) is 4. The standard InChI is InChI=1S/C25H22N4S/c1-2-10-24-23(9-1)29(14-15-30-24)25-19(6-5-13-28-25)16-22(20-7-3-11-26-17-20)21-8-4-12-27-18-21/h1-13,17-18,22H,14-16H2. The molecule has 148 valence electrons. The maximum absolute atomic E-state index is 4.83. The molecule has 4 nitrogen and oxygen atoms in total. The van der Waals surface area contributed by atoms with Gasteiger partial charge in [0, 0.05) is 54.1 Å². The molecular formula is C25H22N4S. The molecule has 0 fully saturated rings. The lowest BCUT2D eigenvalue weighted by molar-refractivity contribution is 0.785. The summed E-state index contributed by atoms with van der Waals surface area (Å²) in [6, 6.07) is 21.1. The molecule has 0 unspecified atom stereocenters. The average molecular weight is 411 g/mol. The van der Waals surface area contributed by atoms with Crippen molar-refractivity contribution < 1.29 is 0 Å². The summed E-state index contributed by atoms with van der Waals surface area (Å²) in [4.78, 5) is 17.2. The second-order valence-electron chi connectivity index (χ2n) is 7.28. The molecule has 0 saturated heterocycles. The first-order chi connectivity index (χ1) is 14.9. The number of fused-ring (bicyclic) bond motifs is 1. The summed E-state index contributed by atoms with van der Waals surface area (Å²) in [5, 5.41) is 0. The van der Waals surface area contributed by atoms with Crippen molar-refractivity contribution in [3.8, 4) is 0 Å². The van der Waals surface area contributed by atoms with Crippen LogP contribution in [0.25, 0.3) is 0 Å². The van der Waals surface area contributed by atoms with Crippen LogP contribution in [0.2, 0.25) is 0 Å². The van der Waals surface area contributed by atoms with Crippen LogP contribution in [0.5, 0.6) is 0 Å². The summed E-state index contributed by atoms with van der Waals surface area (Å²) in [5.41, 5.74) is 4.86. The molecule has 0 saturated carbocycles. The molecular weight excluding hydrogens is 388 g/mol. The summed E-state index contributed by atoms with van der Waals surface area (Å²) < 4.78 is 0. The molecule has 4 heterocycles. The van der Waals surface area contributed by atoms with Crippen molar-refractivity contribution in [2.24, 2.45) is 0 Å². The van der Waals surface area contributed by atoms with Gasteiger partial charge in [-0.2, -0.15) is 0 Å². The van der Waals surface area contributed by atoms with Crippen LogP contribution in [0.3, 0.4) is 0 Å². The van der Waals surface area contributed by atoms with Gasteiger partial charge in [0.2, 0.25) is 0 Å². The van der Waals surface area contributed by atoms with E-state index in [0.717, 1.165) is 24.5 Å². The average Bonchev–Trinajstić information content (AvgIpc) is 2.83. The van der Waals surface area contributed by atoms with E-state index in [4.69, 9.17) is 4.98 Å². The number of benzene rings is 1. The molecule has 4 aromatic rings. The second-order valence-corrected chi connectivity index (χ2v) is 8.42. The fourth-order valence-corrected chi connectivity index (χ4v) is 5.03. The smallest absolute Gasteiger partial charge is 0.136 e. The van der Waals surface area contributed by atoms with E-state index in [9.17, 15) is 0 Å². The minimum absolute atomic E-state index is 0.171. The van der Waals surface area contributed by atoms with E-state index in [1.165, 1.54) is 27.3 Å². The monoisotopic (exact) mass is 410 g/mol. The lowest BCUT2D eigenvalue weighted by Crippen LogP contribution is -2.26. The normalized spacial score (nSPS) is 13.3. The number of aromatic nitrogens is 3. The van der Waals surface area contributed by atoms with Gasteiger partial charge in [-0.05, 0) is 53.4 Å². The van der Waals surface area contributed by atoms with E-state index >= 15 is 0 Å². The fraction of sp³-hybridized carbons (Fsp3) is 0.160. The molecule has 1 aliphatic rings. The molecule has 3 aromatic heterocycles. The lowest BCUT2D eigenvalue weighted by Gasteiger charge is -2.32. The van der Waals surface area contributed by atoms with Gasteiger partial charge in [-0.15, -0.1) is 11.8 Å². The second kappa shape index (κ2) is 8.67. The molecule has 5 rings (SSSR count). The number of hydrogen-bond acceptors (Lipinski definition) is 5. The van der Waals surface area contributed by atoms with E-state index < -0.39 is 0 Å². The number of hydrogen-bond donors (Lipinski definition) is 0. The molecule has 1 aliphatic heterocycles. The number of para-hydroxylation sites is 1. The maximum atomic E-state index is 4.83. The van der Waals surface area contributed by atoms with E-state index in [-0.39, 0.29) is 5.92 Å². The van der Waals surface area contributed by atoms with Crippen LogP contribution in [-0.4, -0.2) is 27.2 Å². The summed E-state index contributed by atoms with van der Waals surface area (Å²) in [7, 11) is 0. The van der Waals surface area contributed by atoms with Crippen molar-refractivity contribution in [1.29, 1.82) is 0 Å². The van der Waals surface area contributed by atoms with Crippen LogP contribution in [-0.2, 0) is 6.42 Å². The zero-order valence-electron chi connectivity index (χ0n) is 16.6. The van der Waals surface area contributed by atoms with Crippen LogP contribution < -0.4 is 4.90 Å². The number of thioether (sulfide) groups is 1. The Morgan fingerprint density at radius 2 is 1.57 bits per heavy atom. The molecule has 0 atom stereocenters. The van der Waals surface area contributed by atoms with Crippen molar-refractivity contribution in [3.05, 3.63) is 108 Å². The molecule has 5 heteroatoms. The molecule has 0 bridgehead atoms. The highest BCUT2D eigenvalue weighted by molar-refractivity contribution is 7.99. The minimum atomic E-state index is 0.171. The fourth-order valence-electron chi connectivity index (χ4n) is 4.03. The van der Waals surface area contributed by atoms with Gasteiger partial charge >= 0.3 is 0 Å². The Balaban J connectivity index is 1.55. The molecule has 1 aromatic carbocycles. The van der Waals surface area contributed by atoms with Crippen LogP contribution in [0, 0.1) is 0 Å². The molecule has 30 heavy (non-hydrogen) atoms. The number of anilines is 2. The molecule has 0 radical (unpaired) electrons. The first-order valence-electron chi connectivity index (χ1n) is 10.1. The van der Waals surface area contributed by atoms with E-state index in [1.54, 1.807) is 0 Å². The maximum Gasteiger partial charge on any atom is 0.136 e. The Kier molecular flexibility index (Phi) is 5.44. The third kappa shape index (κ3) is 3.81. The van der Waals surface area contributed by atoms with Crippen molar-refractivity contribution in [3.63, 3.8) is 0 Å². The van der Waals surface area contributed by atoms with E-state index in [0.29, 0.717) is 0 Å². The Labute approximate surface area is 181 Å².